The molecule has 4 aliphatic carbocycles. The van der Waals surface area contributed by atoms with E-state index in [1.165, 1.54) is 0 Å². The molecule has 0 aromatic carbocycles. The highest BCUT2D eigenvalue weighted by Crippen LogP contribution is 2.70. The first-order chi connectivity index (χ1) is 12.8. The molecular formula is C22H33FO5. The summed E-state index contributed by atoms with van der Waals surface area (Å²) in [5.41, 5.74) is -2.83. The number of fused-ring (bicyclic) bond motifs is 5. The van der Waals surface area contributed by atoms with Gasteiger partial charge in [-0.05, 0) is 57.4 Å². The molecule has 158 valence electrons. The average molecular weight is 396 g/mol. The number of aliphatic hydroxyl groups excluding tert-OH is 1. The normalized spacial score (nSPS) is 49.8. The lowest BCUT2D eigenvalue weighted by Crippen LogP contribution is -2.68. The molecule has 4 aliphatic rings. The largest absolute Gasteiger partial charge is 0.481 e. The van der Waals surface area contributed by atoms with Gasteiger partial charge in [0.15, 0.2) is 5.78 Å². The number of hydrogen-bond acceptors (Lipinski definition) is 4. The maximum atomic E-state index is 16.6. The van der Waals surface area contributed by atoms with Gasteiger partial charge in [-0.25, -0.2) is 4.39 Å². The van der Waals surface area contributed by atoms with E-state index in [-0.39, 0.29) is 17.6 Å². The first kappa shape index (κ1) is 21.4. The molecule has 0 aromatic rings. The van der Waals surface area contributed by atoms with Crippen molar-refractivity contribution in [1.82, 2.24) is 0 Å². The van der Waals surface area contributed by atoms with Crippen LogP contribution in [0.4, 0.5) is 4.39 Å². The molecular weight excluding hydrogens is 363 g/mol. The van der Waals surface area contributed by atoms with Crippen LogP contribution in [0.3, 0.4) is 0 Å². The van der Waals surface area contributed by atoms with Crippen molar-refractivity contribution in [2.75, 3.05) is 0 Å². The highest BCUT2D eigenvalue weighted by atomic mass is 19.1. The number of alkyl halides is 1. The van der Waals surface area contributed by atoms with Crippen LogP contribution in [0.2, 0.25) is 0 Å². The van der Waals surface area contributed by atoms with Crippen LogP contribution in [0.25, 0.3) is 0 Å². The molecule has 3 fully saturated rings. The van der Waals surface area contributed by atoms with Crippen LogP contribution in [0.1, 0.15) is 72.6 Å². The zero-order valence-corrected chi connectivity index (χ0v) is 17.3. The number of rotatable bonds is 0. The van der Waals surface area contributed by atoms with Crippen molar-refractivity contribution in [3.8, 4) is 0 Å². The third kappa shape index (κ3) is 2.78. The maximum Gasteiger partial charge on any atom is 0.300 e. The van der Waals surface area contributed by atoms with E-state index >= 15 is 4.39 Å². The zero-order chi connectivity index (χ0) is 21.1. The van der Waals surface area contributed by atoms with Gasteiger partial charge in [0, 0.05) is 30.1 Å². The van der Waals surface area contributed by atoms with Crippen LogP contribution in [-0.2, 0) is 9.59 Å². The fraction of sp³-hybridized carbons (Fsp3) is 0.818. The standard InChI is InChI=1S/C20H29FO3.C2H4O2/c1-17-8-6-13(22)10-12(17)4-5-15-14-7-9-19(3,24)18(14,2)11-16(23)20(15,17)21;1-2(3)4/h10,14-16,23-24H,4-9,11H2,1-3H3;1H3,(H,3,4)/t14-,15-,16-,17-,18-,19-,20-;/m0./s1. The van der Waals surface area contributed by atoms with Crippen LogP contribution in [-0.4, -0.2) is 44.4 Å². The van der Waals surface area contributed by atoms with Crippen LogP contribution in [0, 0.1) is 22.7 Å². The monoisotopic (exact) mass is 396 g/mol. The van der Waals surface area contributed by atoms with Crippen LogP contribution in [0.15, 0.2) is 11.6 Å². The Balaban J connectivity index is 0.000000516. The van der Waals surface area contributed by atoms with Crippen molar-refractivity contribution < 1.29 is 29.3 Å². The van der Waals surface area contributed by atoms with Crippen molar-refractivity contribution >= 4 is 11.8 Å². The van der Waals surface area contributed by atoms with E-state index in [1.54, 1.807) is 6.08 Å². The van der Waals surface area contributed by atoms with Gasteiger partial charge in [0.1, 0.15) is 5.67 Å². The summed E-state index contributed by atoms with van der Waals surface area (Å²) in [5.74, 6) is -0.893. The van der Waals surface area contributed by atoms with Crippen LogP contribution < -0.4 is 0 Å². The Morgan fingerprint density at radius 2 is 1.75 bits per heavy atom. The van der Waals surface area contributed by atoms with Gasteiger partial charge in [-0.2, -0.15) is 0 Å². The molecule has 0 spiro atoms. The molecule has 0 radical (unpaired) electrons. The molecule has 6 heteroatoms. The number of carboxylic acid groups (broad SMARTS) is 1. The molecule has 3 N–H and O–H groups in total. The van der Waals surface area contributed by atoms with Gasteiger partial charge < -0.3 is 15.3 Å². The lowest BCUT2D eigenvalue weighted by Gasteiger charge is -2.63. The Morgan fingerprint density at radius 1 is 1.14 bits per heavy atom. The van der Waals surface area contributed by atoms with E-state index in [2.05, 4.69) is 0 Å². The molecule has 0 aliphatic heterocycles. The predicted molar refractivity (Wildman–Crippen MR) is 102 cm³/mol. The van der Waals surface area contributed by atoms with Crippen LogP contribution in [0.5, 0.6) is 0 Å². The summed E-state index contributed by atoms with van der Waals surface area (Å²) in [6.07, 6.45) is 4.60. The number of carboxylic acids is 1. The number of aliphatic carboxylic acids is 1. The Bertz CT molecular complexity index is 712. The van der Waals surface area contributed by atoms with Gasteiger partial charge >= 0.3 is 0 Å². The Kier molecular flexibility index (Phi) is 5.07. The molecule has 0 amide bonds. The summed E-state index contributed by atoms with van der Waals surface area (Å²) in [7, 11) is 0. The number of aliphatic hydroxyl groups is 2. The van der Waals surface area contributed by atoms with Crippen LogP contribution >= 0.6 is 0 Å². The maximum absolute atomic E-state index is 16.6. The van der Waals surface area contributed by atoms with E-state index in [1.807, 2.05) is 20.8 Å². The van der Waals surface area contributed by atoms with E-state index < -0.39 is 34.2 Å². The number of halogens is 1. The highest BCUT2D eigenvalue weighted by Gasteiger charge is 2.72. The second kappa shape index (κ2) is 6.63. The van der Waals surface area contributed by atoms with Crippen molar-refractivity contribution in [3.05, 3.63) is 11.6 Å². The molecule has 0 unspecified atom stereocenters. The third-order valence-electron chi connectivity index (χ3n) is 8.60. The SMILES string of the molecule is CC(=O)O.C[C@]1(O)CC[C@H]2[C@@H]3CCC4=CC(=O)CC[C@]4(C)[C@@]3(F)[C@@H](O)C[C@@]21C. The van der Waals surface area contributed by atoms with E-state index in [9.17, 15) is 15.0 Å². The molecule has 0 bridgehead atoms. The predicted octanol–water partition coefficient (Wildman–Crippen LogP) is 3.42. The van der Waals surface area contributed by atoms with Crippen molar-refractivity contribution in [2.45, 2.75) is 90.0 Å². The third-order valence-corrected chi connectivity index (χ3v) is 8.60. The van der Waals surface area contributed by atoms with E-state index in [0.717, 1.165) is 25.3 Å². The van der Waals surface area contributed by atoms with Gasteiger partial charge in [-0.3, -0.25) is 9.59 Å². The van der Waals surface area contributed by atoms with Gasteiger partial charge in [0.05, 0.1) is 11.7 Å². The Labute approximate surface area is 166 Å². The molecule has 28 heavy (non-hydrogen) atoms. The number of ketones is 1. The lowest BCUT2D eigenvalue weighted by atomic mass is 9.44. The second-order valence-electron chi connectivity index (χ2n) is 9.96. The molecule has 5 nitrogen and oxygen atoms in total. The van der Waals surface area contributed by atoms with Gasteiger partial charge in [-0.15, -0.1) is 0 Å². The summed E-state index contributed by atoms with van der Waals surface area (Å²) in [4.78, 5) is 20.8. The van der Waals surface area contributed by atoms with Gasteiger partial charge in [0.25, 0.3) is 5.97 Å². The van der Waals surface area contributed by atoms with Crippen molar-refractivity contribution in [2.24, 2.45) is 22.7 Å². The summed E-state index contributed by atoms with van der Waals surface area (Å²) in [6, 6.07) is 0. The lowest BCUT2D eigenvalue weighted by molar-refractivity contribution is -0.225. The van der Waals surface area contributed by atoms with Crippen molar-refractivity contribution in [3.63, 3.8) is 0 Å². The van der Waals surface area contributed by atoms with Gasteiger partial charge in [0.2, 0.25) is 0 Å². The molecule has 3 saturated carbocycles. The second-order valence-corrected chi connectivity index (χ2v) is 9.96. The molecule has 0 saturated heterocycles. The summed E-state index contributed by atoms with van der Waals surface area (Å²) < 4.78 is 16.6. The molecule has 4 rings (SSSR count). The highest BCUT2D eigenvalue weighted by molar-refractivity contribution is 5.91. The van der Waals surface area contributed by atoms with E-state index in [4.69, 9.17) is 9.90 Å². The number of carbonyl (C=O) groups excluding carboxylic acids is 1. The van der Waals surface area contributed by atoms with E-state index in [0.29, 0.717) is 32.1 Å². The summed E-state index contributed by atoms with van der Waals surface area (Å²) in [5, 5.41) is 29.3. The molecule has 7 atom stereocenters. The summed E-state index contributed by atoms with van der Waals surface area (Å²) >= 11 is 0. The first-order valence-corrected chi connectivity index (χ1v) is 10.3. The molecule has 0 aromatic heterocycles. The number of allylic oxidation sites excluding steroid dienone is 1. The minimum absolute atomic E-state index is 0.0865. The van der Waals surface area contributed by atoms with Gasteiger partial charge in [-0.1, -0.05) is 19.4 Å². The minimum Gasteiger partial charge on any atom is -0.481 e. The average Bonchev–Trinajstić information content (AvgIpc) is 2.79. The number of carbonyl (C=O) groups is 2. The minimum atomic E-state index is -1.69. The summed E-state index contributed by atoms with van der Waals surface area (Å²) in [6.45, 7) is 6.88. The fourth-order valence-corrected chi connectivity index (χ4v) is 6.79. The smallest absolute Gasteiger partial charge is 0.300 e. The number of hydrogen-bond donors (Lipinski definition) is 3. The fourth-order valence-electron chi connectivity index (χ4n) is 6.79. The Hall–Kier alpha value is -1.27. The molecule has 0 heterocycles. The van der Waals surface area contributed by atoms with Crippen molar-refractivity contribution in [1.29, 1.82) is 0 Å². The quantitative estimate of drug-likeness (QED) is 0.583. The topological polar surface area (TPSA) is 94.8 Å². The first-order valence-electron chi connectivity index (χ1n) is 10.3. The Morgan fingerprint density at radius 3 is 2.36 bits per heavy atom. The zero-order valence-electron chi connectivity index (χ0n) is 17.3.